The van der Waals surface area contributed by atoms with Crippen LogP contribution in [0.2, 0.25) is 0 Å². The topological polar surface area (TPSA) is 87.8 Å². The van der Waals surface area contributed by atoms with E-state index < -0.39 is 0 Å². The number of hydrogen-bond acceptors (Lipinski definition) is 5. The van der Waals surface area contributed by atoms with Crippen LogP contribution in [0.1, 0.15) is 33.1 Å². The summed E-state index contributed by atoms with van der Waals surface area (Å²) in [5, 5.41) is 12.6. The molecule has 1 aliphatic heterocycles. The summed E-state index contributed by atoms with van der Waals surface area (Å²) in [7, 11) is 0. The van der Waals surface area contributed by atoms with Gasteiger partial charge < -0.3 is 25.8 Å². The van der Waals surface area contributed by atoms with E-state index >= 15 is 0 Å². The van der Waals surface area contributed by atoms with E-state index in [0.29, 0.717) is 32.6 Å². The maximum atomic E-state index is 11.8. The molecule has 0 fully saturated rings. The molecule has 2 rings (SSSR count). The number of nitrogens with one attached hydrogen (secondary N) is 1. The predicted octanol–water partition coefficient (Wildman–Crippen LogP) is 1.61. The molecule has 0 aliphatic carbocycles. The molecule has 128 valence electrons. The quantitative estimate of drug-likeness (QED) is 0.710. The van der Waals surface area contributed by atoms with Crippen LogP contribution in [0.15, 0.2) is 18.2 Å². The number of fused-ring (bicyclic) bond motifs is 1. The van der Waals surface area contributed by atoms with E-state index in [1.807, 2.05) is 0 Å². The molecule has 1 aliphatic rings. The molecule has 23 heavy (non-hydrogen) atoms. The van der Waals surface area contributed by atoms with E-state index in [9.17, 15) is 9.90 Å². The van der Waals surface area contributed by atoms with Crippen LogP contribution in [-0.4, -0.2) is 42.8 Å². The first kappa shape index (κ1) is 17.4. The van der Waals surface area contributed by atoms with Crippen LogP contribution < -0.4 is 20.7 Å². The Morgan fingerprint density at radius 2 is 2.17 bits per heavy atom. The fourth-order valence-corrected chi connectivity index (χ4v) is 2.89. The number of benzene rings is 1. The van der Waals surface area contributed by atoms with Crippen LogP contribution in [0.4, 0.5) is 5.69 Å². The minimum atomic E-state index is -0.252. The normalized spacial score (nSPS) is 15.7. The Balaban J connectivity index is 2.16. The minimum Gasteiger partial charge on any atom is -0.508 e. The maximum absolute atomic E-state index is 11.8. The summed E-state index contributed by atoms with van der Waals surface area (Å²) >= 11 is 0. The first-order valence-electron chi connectivity index (χ1n) is 8.27. The lowest BCUT2D eigenvalue weighted by atomic mass is 9.93. The highest BCUT2D eigenvalue weighted by molar-refractivity contribution is 5.77. The zero-order valence-electron chi connectivity index (χ0n) is 14.0. The van der Waals surface area contributed by atoms with E-state index in [1.165, 1.54) is 0 Å². The number of hydrogen-bond donors (Lipinski definition) is 3. The minimum absolute atomic E-state index is 0.0118. The zero-order chi connectivity index (χ0) is 16.9. The Kier molecular flexibility index (Phi) is 5.71. The van der Waals surface area contributed by atoms with Gasteiger partial charge in [-0.2, -0.15) is 0 Å². The zero-order valence-corrected chi connectivity index (χ0v) is 14.0. The number of carbonyl (C=O) groups excluding carboxylic acids is 1. The van der Waals surface area contributed by atoms with Gasteiger partial charge in [-0.25, -0.2) is 0 Å². The number of carbonyl (C=O) groups is 1. The molecule has 0 spiro atoms. The van der Waals surface area contributed by atoms with E-state index in [1.54, 1.807) is 18.2 Å². The molecule has 1 amide bonds. The lowest BCUT2D eigenvalue weighted by molar-refractivity contribution is -0.120. The van der Waals surface area contributed by atoms with Gasteiger partial charge in [-0.05, 0) is 25.0 Å². The summed E-state index contributed by atoms with van der Waals surface area (Å²) in [6.07, 6.45) is 2.16. The van der Waals surface area contributed by atoms with Crippen molar-refractivity contribution in [2.45, 2.75) is 38.7 Å². The number of rotatable bonds is 7. The van der Waals surface area contributed by atoms with Crippen LogP contribution in [0.25, 0.3) is 0 Å². The van der Waals surface area contributed by atoms with Gasteiger partial charge in [0, 0.05) is 32.1 Å². The molecular formula is C17H27N3O3. The number of nitrogens with zero attached hydrogens (tertiary/aromatic N) is 1. The highest BCUT2D eigenvalue weighted by atomic mass is 16.5. The van der Waals surface area contributed by atoms with Gasteiger partial charge in [0.25, 0.3) is 0 Å². The third kappa shape index (κ3) is 4.07. The summed E-state index contributed by atoms with van der Waals surface area (Å²) in [5.41, 5.74) is 5.99. The number of phenolic OH excluding ortho intramolecular Hbond substituents is 1. The molecule has 0 saturated carbocycles. The number of nitrogens with two attached hydrogens (primary N) is 1. The van der Waals surface area contributed by atoms with E-state index in [4.69, 9.17) is 10.5 Å². The van der Waals surface area contributed by atoms with Gasteiger partial charge in [-0.1, -0.05) is 13.8 Å². The highest BCUT2D eigenvalue weighted by Gasteiger charge is 2.37. The summed E-state index contributed by atoms with van der Waals surface area (Å²) in [6, 6.07) is 5.13. The van der Waals surface area contributed by atoms with Crippen molar-refractivity contribution >= 4 is 11.6 Å². The summed E-state index contributed by atoms with van der Waals surface area (Å²) in [6.45, 7) is 6.45. The Hall–Kier alpha value is -1.95. The lowest BCUT2D eigenvalue weighted by Gasteiger charge is -2.44. The molecule has 0 aromatic heterocycles. The average Bonchev–Trinajstić information content (AvgIpc) is 2.57. The smallest absolute Gasteiger partial charge is 0.221 e. The Labute approximate surface area is 137 Å². The Morgan fingerprint density at radius 3 is 2.83 bits per heavy atom. The molecule has 1 aromatic carbocycles. The van der Waals surface area contributed by atoms with Gasteiger partial charge in [-0.3, -0.25) is 4.79 Å². The van der Waals surface area contributed by atoms with Crippen molar-refractivity contribution in [1.29, 1.82) is 0 Å². The number of ether oxygens (including phenoxy) is 1. The average molecular weight is 321 g/mol. The second kappa shape index (κ2) is 7.55. The van der Waals surface area contributed by atoms with Crippen molar-refractivity contribution in [2.24, 2.45) is 5.73 Å². The first-order valence-corrected chi connectivity index (χ1v) is 8.27. The van der Waals surface area contributed by atoms with Crippen molar-refractivity contribution in [2.75, 3.05) is 31.1 Å². The Bertz CT molecular complexity index is 544. The number of phenols is 1. The van der Waals surface area contributed by atoms with Crippen LogP contribution >= 0.6 is 0 Å². The molecule has 0 saturated heterocycles. The number of aromatic hydroxyl groups is 1. The van der Waals surface area contributed by atoms with Gasteiger partial charge in [0.1, 0.15) is 17.1 Å². The van der Waals surface area contributed by atoms with Crippen LogP contribution in [-0.2, 0) is 4.79 Å². The summed E-state index contributed by atoms with van der Waals surface area (Å²) in [5.74, 6) is 0.952. The monoisotopic (exact) mass is 321 g/mol. The number of anilines is 1. The summed E-state index contributed by atoms with van der Waals surface area (Å²) in [4.78, 5) is 14.0. The Morgan fingerprint density at radius 1 is 1.43 bits per heavy atom. The standard InChI is InChI=1S/C17H27N3O3/c1-3-17(4-2)12-20(10-7-16(22)19-9-8-18)14-11-13(21)5-6-15(14)23-17/h5-6,11,21H,3-4,7-10,12,18H2,1-2H3,(H,19,22). The van der Waals surface area contributed by atoms with Gasteiger partial charge >= 0.3 is 0 Å². The molecular weight excluding hydrogens is 294 g/mol. The second-order valence-corrected chi connectivity index (χ2v) is 5.95. The molecule has 0 radical (unpaired) electrons. The lowest BCUT2D eigenvalue weighted by Crippen LogP contribution is -2.51. The van der Waals surface area contributed by atoms with Crippen LogP contribution in [0.3, 0.4) is 0 Å². The number of amides is 1. The van der Waals surface area contributed by atoms with Crippen LogP contribution in [0.5, 0.6) is 11.5 Å². The molecule has 6 heteroatoms. The van der Waals surface area contributed by atoms with Crippen molar-refractivity contribution in [3.8, 4) is 11.5 Å². The van der Waals surface area contributed by atoms with Crippen molar-refractivity contribution in [3.63, 3.8) is 0 Å². The van der Waals surface area contributed by atoms with Gasteiger partial charge in [0.15, 0.2) is 0 Å². The summed E-state index contributed by atoms with van der Waals surface area (Å²) < 4.78 is 6.20. The fraction of sp³-hybridized carbons (Fsp3) is 0.588. The van der Waals surface area contributed by atoms with E-state index in [-0.39, 0.29) is 17.3 Å². The third-order valence-electron chi connectivity index (χ3n) is 4.45. The third-order valence-corrected chi connectivity index (χ3v) is 4.45. The van der Waals surface area contributed by atoms with Gasteiger partial charge in [-0.15, -0.1) is 0 Å². The van der Waals surface area contributed by atoms with Crippen molar-refractivity contribution in [3.05, 3.63) is 18.2 Å². The molecule has 6 nitrogen and oxygen atoms in total. The van der Waals surface area contributed by atoms with Gasteiger partial charge in [0.05, 0.1) is 12.2 Å². The van der Waals surface area contributed by atoms with E-state index in [2.05, 4.69) is 24.1 Å². The van der Waals surface area contributed by atoms with Crippen molar-refractivity contribution in [1.82, 2.24) is 5.32 Å². The fourth-order valence-electron chi connectivity index (χ4n) is 2.89. The molecule has 0 unspecified atom stereocenters. The second-order valence-electron chi connectivity index (χ2n) is 5.95. The largest absolute Gasteiger partial charge is 0.508 e. The highest BCUT2D eigenvalue weighted by Crippen LogP contribution is 2.41. The van der Waals surface area contributed by atoms with Gasteiger partial charge in [0.2, 0.25) is 5.91 Å². The van der Waals surface area contributed by atoms with Crippen molar-refractivity contribution < 1.29 is 14.6 Å². The van der Waals surface area contributed by atoms with E-state index in [0.717, 1.165) is 24.3 Å². The molecule has 4 N–H and O–H groups in total. The van der Waals surface area contributed by atoms with Crippen LogP contribution in [0, 0.1) is 0 Å². The predicted molar refractivity (Wildman–Crippen MR) is 90.9 cm³/mol. The SMILES string of the molecule is CCC1(CC)CN(CCC(=O)NCCN)c2cc(O)ccc2O1. The maximum Gasteiger partial charge on any atom is 0.221 e. The molecule has 0 atom stereocenters. The first-order chi connectivity index (χ1) is 11.0. The molecule has 1 aromatic rings. The molecule has 1 heterocycles. The molecule has 0 bridgehead atoms.